The lowest BCUT2D eigenvalue weighted by Gasteiger charge is -2.41. The smallest absolute Gasteiger partial charge is 0.416 e. The molecule has 1 aromatic carbocycles. The number of rotatable bonds is 2. The first-order valence-corrected chi connectivity index (χ1v) is 8.60. The summed E-state index contributed by atoms with van der Waals surface area (Å²) in [5.41, 5.74) is -2.62. The van der Waals surface area contributed by atoms with Crippen molar-refractivity contribution in [2.24, 2.45) is 0 Å². The summed E-state index contributed by atoms with van der Waals surface area (Å²) in [6.45, 7) is 4.37. The van der Waals surface area contributed by atoms with E-state index in [2.05, 4.69) is 0 Å². The molecule has 0 aliphatic carbocycles. The van der Waals surface area contributed by atoms with Crippen LogP contribution in [0.4, 0.5) is 22.4 Å². The Balaban J connectivity index is 2.20. The monoisotopic (exact) mass is 406 g/mol. The molecule has 10 heteroatoms. The summed E-state index contributed by atoms with van der Waals surface area (Å²) in [6.07, 6.45) is -5.36. The number of benzene rings is 1. The molecule has 0 spiro atoms. The second kappa shape index (κ2) is 7.94. The molecule has 1 heterocycles. The number of alkyl halides is 3. The molecule has 156 valence electrons. The van der Waals surface area contributed by atoms with E-state index in [1.165, 1.54) is 4.90 Å². The van der Waals surface area contributed by atoms with Gasteiger partial charge in [-0.2, -0.15) is 13.2 Å². The Morgan fingerprint density at radius 3 is 2.39 bits per heavy atom. The second-order valence-electron chi connectivity index (χ2n) is 7.45. The molecule has 0 aromatic heterocycles. The molecular weight excluding hydrogens is 384 g/mol. The van der Waals surface area contributed by atoms with Gasteiger partial charge in [0.1, 0.15) is 11.4 Å². The van der Waals surface area contributed by atoms with E-state index in [1.54, 1.807) is 20.8 Å². The molecule has 28 heavy (non-hydrogen) atoms. The van der Waals surface area contributed by atoms with Crippen LogP contribution >= 0.6 is 0 Å². The highest BCUT2D eigenvalue weighted by molar-refractivity contribution is 5.95. The fourth-order valence-corrected chi connectivity index (χ4v) is 2.79. The number of nitrogens with zero attached hydrogens (tertiary/aromatic N) is 2. The Labute approximate surface area is 159 Å². The highest BCUT2D eigenvalue weighted by Gasteiger charge is 2.37. The minimum atomic E-state index is -4.73. The van der Waals surface area contributed by atoms with Crippen molar-refractivity contribution in [3.63, 3.8) is 0 Å². The van der Waals surface area contributed by atoms with Gasteiger partial charge in [-0.05, 0) is 39.0 Å². The maximum Gasteiger partial charge on any atom is 0.416 e. The molecule has 1 aromatic rings. The predicted molar refractivity (Wildman–Crippen MR) is 91.1 cm³/mol. The number of hydrogen-bond donors (Lipinski definition) is 1. The van der Waals surface area contributed by atoms with Gasteiger partial charge in [-0.1, -0.05) is 0 Å². The van der Waals surface area contributed by atoms with Gasteiger partial charge < -0.3 is 19.6 Å². The van der Waals surface area contributed by atoms with Gasteiger partial charge in [-0.25, -0.2) is 9.18 Å². The summed E-state index contributed by atoms with van der Waals surface area (Å²) in [5, 5.41) is 9.60. The molecule has 1 fully saturated rings. The summed E-state index contributed by atoms with van der Waals surface area (Å²) >= 11 is 0. The lowest BCUT2D eigenvalue weighted by Crippen LogP contribution is -2.58. The van der Waals surface area contributed by atoms with Crippen molar-refractivity contribution >= 4 is 12.0 Å². The van der Waals surface area contributed by atoms with Crippen LogP contribution in [0.1, 0.15) is 36.7 Å². The van der Waals surface area contributed by atoms with Crippen molar-refractivity contribution in [1.82, 2.24) is 9.80 Å². The number of piperazine rings is 1. The van der Waals surface area contributed by atoms with E-state index in [1.807, 2.05) is 0 Å². The zero-order valence-corrected chi connectivity index (χ0v) is 15.7. The van der Waals surface area contributed by atoms with E-state index in [0.717, 1.165) is 4.90 Å². The van der Waals surface area contributed by atoms with Crippen LogP contribution in [0.2, 0.25) is 0 Å². The van der Waals surface area contributed by atoms with E-state index >= 15 is 0 Å². The largest absolute Gasteiger partial charge is 0.444 e. The average molecular weight is 406 g/mol. The normalized spacial score (nSPS) is 18.2. The summed E-state index contributed by atoms with van der Waals surface area (Å²) in [6, 6.07) is 0.686. The average Bonchev–Trinajstić information content (AvgIpc) is 2.58. The number of aliphatic hydroxyl groups excluding tert-OH is 1. The first-order chi connectivity index (χ1) is 12.8. The van der Waals surface area contributed by atoms with Gasteiger partial charge in [0.05, 0.1) is 23.8 Å². The van der Waals surface area contributed by atoms with Crippen molar-refractivity contribution in [2.75, 3.05) is 26.2 Å². The Bertz CT molecular complexity index is 746. The van der Waals surface area contributed by atoms with E-state index < -0.39 is 53.4 Å². The van der Waals surface area contributed by atoms with Crippen molar-refractivity contribution < 1.29 is 37.0 Å². The molecule has 1 saturated heterocycles. The van der Waals surface area contributed by atoms with Crippen molar-refractivity contribution in [3.05, 3.63) is 35.1 Å². The lowest BCUT2D eigenvalue weighted by molar-refractivity contribution is -0.137. The molecule has 1 aliphatic rings. The van der Waals surface area contributed by atoms with Crippen LogP contribution in [-0.4, -0.2) is 64.8 Å². The highest BCUT2D eigenvalue weighted by Crippen LogP contribution is 2.31. The van der Waals surface area contributed by atoms with Crippen LogP contribution in [0.3, 0.4) is 0 Å². The number of amides is 2. The number of hydrogen-bond acceptors (Lipinski definition) is 4. The topological polar surface area (TPSA) is 70.1 Å². The van der Waals surface area contributed by atoms with Crippen molar-refractivity contribution in [1.29, 1.82) is 0 Å². The molecule has 1 aliphatic heterocycles. The molecular formula is C18H22F4N2O4. The van der Waals surface area contributed by atoms with Gasteiger partial charge >= 0.3 is 12.3 Å². The number of ether oxygens (including phenoxy) is 1. The van der Waals surface area contributed by atoms with Gasteiger partial charge in [-0.15, -0.1) is 0 Å². The van der Waals surface area contributed by atoms with Crippen LogP contribution < -0.4 is 0 Å². The molecule has 6 nitrogen and oxygen atoms in total. The zero-order valence-electron chi connectivity index (χ0n) is 15.7. The Morgan fingerprint density at radius 1 is 1.21 bits per heavy atom. The zero-order chi connectivity index (χ0) is 21.3. The van der Waals surface area contributed by atoms with Crippen molar-refractivity contribution in [3.8, 4) is 0 Å². The molecule has 0 bridgehead atoms. The maximum absolute atomic E-state index is 14.0. The second-order valence-corrected chi connectivity index (χ2v) is 7.45. The minimum absolute atomic E-state index is 0.0394. The van der Waals surface area contributed by atoms with Gasteiger partial charge in [0.25, 0.3) is 5.91 Å². The summed E-state index contributed by atoms with van der Waals surface area (Å²) in [4.78, 5) is 27.2. The fraction of sp³-hybridized carbons (Fsp3) is 0.556. The summed E-state index contributed by atoms with van der Waals surface area (Å²) < 4.78 is 57.9. The van der Waals surface area contributed by atoms with Gasteiger partial charge in [0, 0.05) is 19.6 Å². The molecule has 1 atom stereocenters. The molecule has 2 rings (SSSR count). The SMILES string of the molecule is CC(C)(C)OC(=O)N1CCN(C(=O)c2cc(C(F)(F)F)ccc2F)C(CO)C1. The van der Waals surface area contributed by atoms with E-state index in [0.29, 0.717) is 18.2 Å². The Morgan fingerprint density at radius 2 is 1.86 bits per heavy atom. The van der Waals surface area contributed by atoms with Gasteiger partial charge in [-0.3, -0.25) is 4.79 Å². The third-order valence-electron chi connectivity index (χ3n) is 4.13. The minimum Gasteiger partial charge on any atom is -0.444 e. The van der Waals surface area contributed by atoms with E-state index in [9.17, 15) is 32.3 Å². The fourth-order valence-electron chi connectivity index (χ4n) is 2.79. The number of halogens is 4. The third kappa shape index (κ3) is 5.12. The third-order valence-corrected chi connectivity index (χ3v) is 4.13. The molecule has 1 unspecified atom stereocenters. The first-order valence-electron chi connectivity index (χ1n) is 8.60. The quantitative estimate of drug-likeness (QED) is 0.767. The number of carbonyl (C=O) groups excluding carboxylic acids is 2. The predicted octanol–water partition coefficient (Wildman–Crippen LogP) is 2.90. The molecule has 0 radical (unpaired) electrons. The standard InChI is InChI=1S/C18H22F4N2O4/c1-17(2,3)28-16(27)23-6-7-24(12(9-23)10-25)15(26)13-8-11(18(20,21)22)4-5-14(13)19/h4-5,8,12,25H,6-7,9-10H2,1-3H3. The highest BCUT2D eigenvalue weighted by atomic mass is 19.4. The van der Waals surface area contributed by atoms with Crippen LogP contribution in [0.5, 0.6) is 0 Å². The van der Waals surface area contributed by atoms with Crippen LogP contribution in [0, 0.1) is 5.82 Å². The summed E-state index contributed by atoms with van der Waals surface area (Å²) in [5.74, 6) is -2.07. The van der Waals surface area contributed by atoms with E-state index in [4.69, 9.17) is 4.74 Å². The Kier molecular flexibility index (Phi) is 6.22. The molecule has 2 amide bonds. The van der Waals surface area contributed by atoms with Crippen LogP contribution in [0.15, 0.2) is 18.2 Å². The number of aliphatic hydroxyl groups is 1. The maximum atomic E-state index is 14.0. The molecule has 0 saturated carbocycles. The first kappa shape index (κ1) is 21.9. The summed E-state index contributed by atoms with van der Waals surface area (Å²) in [7, 11) is 0. The molecule has 1 N–H and O–H groups in total. The van der Waals surface area contributed by atoms with Crippen molar-refractivity contribution in [2.45, 2.75) is 38.6 Å². The lowest BCUT2D eigenvalue weighted by atomic mass is 10.1. The Hall–Kier alpha value is -2.36. The number of carbonyl (C=O) groups is 2. The van der Waals surface area contributed by atoms with Crippen LogP contribution in [0.25, 0.3) is 0 Å². The van der Waals surface area contributed by atoms with Crippen LogP contribution in [-0.2, 0) is 10.9 Å². The van der Waals surface area contributed by atoms with E-state index in [-0.39, 0.29) is 19.6 Å². The van der Waals surface area contributed by atoms with Gasteiger partial charge in [0.15, 0.2) is 0 Å². The van der Waals surface area contributed by atoms with Gasteiger partial charge in [0.2, 0.25) is 0 Å².